The molecule has 136 valence electrons. The number of amides is 1. The fourth-order valence-electron chi connectivity index (χ4n) is 2.23. The van der Waals surface area contributed by atoms with Crippen molar-refractivity contribution >= 4 is 27.5 Å². The molecule has 0 saturated heterocycles. The molecule has 0 aliphatic heterocycles. The molecule has 0 aliphatic rings. The number of nitrogens with zero attached hydrogens (tertiary/aromatic N) is 2. The van der Waals surface area contributed by atoms with E-state index in [2.05, 4.69) is 4.98 Å². The smallest absolute Gasteiger partial charge is 0.232 e. The summed E-state index contributed by atoms with van der Waals surface area (Å²) in [6.07, 6.45) is 2.77. The van der Waals surface area contributed by atoms with Crippen LogP contribution >= 0.6 is 11.8 Å². The summed E-state index contributed by atoms with van der Waals surface area (Å²) in [6, 6.07) is 9.25. The molecule has 0 N–H and O–H groups in total. The zero-order chi connectivity index (χ0) is 18.4. The monoisotopic (exact) mass is 382 g/mol. The van der Waals surface area contributed by atoms with Crippen molar-refractivity contribution in [2.75, 3.05) is 24.8 Å². The van der Waals surface area contributed by atoms with E-state index in [0.717, 1.165) is 11.3 Å². The van der Waals surface area contributed by atoms with Gasteiger partial charge in [0.25, 0.3) is 0 Å². The summed E-state index contributed by atoms with van der Waals surface area (Å²) >= 11 is 1.42. The van der Waals surface area contributed by atoms with E-state index in [4.69, 9.17) is 4.42 Å². The minimum absolute atomic E-state index is 0.0381. The first-order chi connectivity index (χ1) is 11.8. The highest BCUT2D eigenvalue weighted by atomic mass is 32.2. The molecule has 0 spiro atoms. The number of carbonyl (C=O) groups excluding carboxylic acids is 1. The summed E-state index contributed by atoms with van der Waals surface area (Å²) in [6.45, 7) is 1.73. The predicted octanol–water partition coefficient (Wildman–Crippen LogP) is 2.47. The normalized spacial score (nSPS) is 12.8. The van der Waals surface area contributed by atoms with Crippen molar-refractivity contribution in [1.82, 2.24) is 9.88 Å². The lowest BCUT2D eigenvalue weighted by molar-refractivity contribution is -0.128. The van der Waals surface area contributed by atoms with Crippen LogP contribution in [0.1, 0.15) is 12.6 Å². The first-order valence-electron chi connectivity index (χ1n) is 7.77. The number of sulfone groups is 1. The number of hydrogen-bond donors (Lipinski definition) is 0. The topological polar surface area (TPSA) is 80.5 Å². The second-order valence-electron chi connectivity index (χ2n) is 5.95. The van der Waals surface area contributed by atoms with Crippen LogP contribution in [0.2, 0.25) is 0 Å². The van der Waals surface area contributed by atoms with Gasteiger partial charge in [0, 0.05) is 30.7 Å². The molecule has 0 aliphatic carbocycles. The summed E-state index contributed by atoms with van der Waals surface area (Å²) in [5, 5.41) is 0. The zero-order valence-electron chi connectivity index (χ0n) is 14.5. The van der Waals surface area contributed by atoms with Crippen LogP contribution in [-0.4, -0.2) is 55.1 Å². The van der Waals surface area contributed by atoms with Gasteiger partial charge in [-0.25, -0.2) is 13.4 Å². The number of benzene rings is 1. The second-order valence-corrected chi connectivity index (χ2v) is 9.12. The maximum absolute atomic E-state index is 12.2. The number of aromatic nitrogens is 1. The molecular formula is C17H22N2O4S2. The van der Waals surface area contributed by atoms with Crippen molar-refractivity contribution in [1.29, 1.82) is 0 Å². The summed E-state index contributed by atoms with van der Waals surface area (Å²) in [5.74, 6) is 1.23. The van der Waals surface area contributed by atoms with E-state index >= 15 is 0 Å². The van der Waals surface area contributed by atoms with E-state index in [0.29, 0.717) is 11.6 Å². The highest BCUT2D eigenvalue weighted by molar-refractivity contribution is 7.99. The van der Waals surface area contributed by atoms with Crippen molar-refractivity contribution in [3.05, 3.63) is 42.3 Å². The quantitative estimate of drug-likeness (QED) is 0.698. The Morgan fingerprint density at radius 3 is 2.64 bits per heavy atom. The molecule has 1 amide bonds. The van der Waals surface area contributed by atoms with Gasteiger partial charge in [-0.15, -0.1) is 11.8 Å². The Labute approximate surface area is 152 Å². The van der Waals surface area contributed by atoms with Crippen LogP contribution in [-0.2, 0) is 20.4 Å². The van der Waals surface area contributed by atoms with Gasteiger partial charge in [0.05, 0.1) is 17.2 Å². The highest BCUT2D eigenvalue weighted by Crippen LogP contribution is 2.20. The summed E-state index contributed by atoms with van der Waals surface area (Å²) in [7, 11) is -1.48. The molecule has 8 heteroatoms. The summed E-state index contributed by atoms with van der Waals surface area (Å²) in [5.41, 5.74) is 1.67. The van der Waals surface area contributed by atoms with Crippen molar-refractivity contribution in [3.63, 3.8) is 0 Å². The number of oxazole rings is 1. The van der Waals surface area contributed by atoms with E-state index < -0.39 is 9.84 Å². The van der Waals surface area contributed by atoms with Gasteiger partial charge in [-0.3, -0.25) is 4.79 Å². The predicted molar refractivity (Wildman–Crippen MR) is 100 cm³/mol. The molecule has 2 aromatic rings. The van der Waals surface area contributed by atoms with Gasteiger partial charge in [0.2, 0.25) is 11.8 Å². The third-order valence-corrected chi connectivity index (χ3v) is 5.69. The SMILES string of the molecule is CC(CS(C)(=O)=O)N(C)C(=O)CSCc1coc(-c2ccccc2)n1. The number of hydrogen-bond acceptors (Lipinski definition) is 6. The minimum atomic E-state index is -3.11. The molecule has 1 heterocycles. The lowest BCUT2D eigenvalue weighted by atomic mass is 10.2. The van der Waals surface area contributed by atoms with Crippen LogP contribution in [0.15, 0.2) is 41.0 Å². The third-order valence-electron chi connectivity index (χ3n) is 3.65. The van der Waals surface area contributed by atoms with Gasteiger partial charge in [-0.1, -0.05) is 18.2 Å². The van der Waals surface area contributed by atoms with E-state index in [9.17, 15) is 13.2 Å². The summed E-state index contributed by atoms with van der Waals surface area (Å²) in [4.78, 5) is 18.0. The molecule has 25 heavy (non-hydrogen) atoms. The van der Waals surface area contributed by atoms with Crippen molar-refractivity contribution in [2.24, 2.45) is 0 Å². The van der Waals surface area contributed by atoms with Crippen molar-refractivity contribution < 1.29 is 17.6 Å². The Balaban J connectivity index is 1.82. The highest BCUT2D eigenvalue weighted by Gasteiger charge is 2.19. The molecule has 0 fully saturated rings. The largest absolute Gasteiger partial charge is 0.444 e. The maximum Gasteiger partial charge on any atom is 0.232 e. The van der Waals surface area contributed by atoms with Crippen LogP contribution in [0.25, 0.3) is 11.5 Å². The van der Waals surface area contributed by atoms with Gasteiger partial charge >= 0.3 is 0 Å². The number of thioether (sulfide) groups is 1. The Hall–Kier alpha value is -1.80. The minimum Gasteiger partial charge on any atom is -0.444 e. The molecule has 0 bridgehead atoms. The van der Waals surface area contributed by atoms with Gasteiger partial charge in [0.1, 0.15) is 16.1 Å². The molecule has 1 atom stereocenters. The Morgan fingerprint density at radius 1 is 1.32 bits per heavy atom. The van der Waals surface area contributed by atoms with E-state index in [-0.39, 0.29) is 23.5 Å². The first kappa shape index (κ1) is 19.5. The number of rotatable bonds is 8. The zero-order valence-corrected chi connectivity index (χ0v) is 16.1. The van der Waals surface area contributed by atoms with E-state index in [1.807, 2.05) is 30.3 Å². The molecule has 1 aromatic heterocycles. The van der Waals surface area contributed by atoms with Crippen molar-refractivity contribution in [2.45, 2.75) is 18.7 Å². The van der Waals surface area contributed by atoms with Gasteiger partial charge in [0.15, 0.2) is 0 Å². The third kappa shape index (κ3) is 6.21. The average Bonchev–Trinajstić information content (AvgIpc) is 3.02. The average molecular weight is 383 g/mol. The molecule has 1 aromatic carbocycles. The molecule has 2 rings (SSSR count). The molecule has 0 radical (unpaired) electrons. The molecular weight excluding hydrogens is 360 g/mol. The van der Waals surface area contributed by atoms with Crippen molar-refractivity contribution in [3.8, 4) is 11.5 Å². The Kier molecular flexibility index (Phi) is 6.66. The lowest BCUT2D eigenvalue weighted by Gasteiger charge is -2.24. The van der Waals surface area contributed by atoms with Gasteiger partial charge in [-0.2, -0.15) is 0 Å². The van der Waals surface area contributed by atoms with Crippen LogP contribution < -0.4 is 0 Å². The second kappa shape index (κ2) is 8.53. The van der Waals surface area contributed by atoms with E-state index in [1.165, 1.54) is 22.9 Å². The van der Waals surface area contributed by atoms with Gasteiger partial charge < -0.3 is 9.32 Å². The van der Waals surface area contributed by atoms with Crippen LogP contribution in [0.4, 0.5) is 0 Å². The fraction of sp³-hybridized carbons (Fsp3) is 0.412. The van der Waals surface area contributed by atoms with Crippen LogP contribution in [0.5, 0.6) is 0 Å². The van der Waals surface area contributed by atoms with E-state index in [1.54, 1.807) is 20.2 Å². The Morgan fingerprint density at radius 2 is 2.00 bits per heavy atom. The number of carbonyl (C=O) groups is 1. The van der Waals surface area contributed by atoms with Crippen LogP contribution in [0, 0.1) is 0 Å². The summed E-state index contributed by atoms with van der Waals surface area (Å²) < 4.78 is 28.1. The molecule has 6 nitrogen and oxygen atoms in total. The molecule has 1 unspecified atom stereocenters. The van der Waals surface area contributed by atoms with Gasteiger partial charge in [-0.05, 0) is 19.1 Å². The maximum atomic E-state index is 12.2. The van der Waals surface area contributed by atoms with Crippen LogP contribution in [0.3, 0.4) is 0 Å². The first-order valence-corrected chi connectivity index (χ1v) is 11.0. The standard InChI is InChI=1S/C17H22N2O4S2/c1-13(12-25(3,21)22)19(2)16(20)11-24-10-15-9-23-17(18-15)14-7-5-4-6-8-14/h4-9,13H,10-12H2,1-3H3. The molecule has 0 saturated carbocycles. The Bertz CT molecular complexity index is 803. The fourth-order valence-corrected chi connectivity index (χ4v) is 4.15. The lowest BCUT2D eigenvalue weighted by Crippen LogP contribution is -2.40.